The fraction of sp³-hybridized carbons (Fsp3) is 0.600. The van der Waals surface area contributed by atoms with Gasteiger partial charge in [0, 0.05) is 18.6 Å². The molecule has 0 radical (unpaired) electrons. The molecule has 0 amide bonds. The third-order valence-corrected chi connectivity index (χ3v) is 2.24. The molecule has 4 atom stereocenters. The lowest BCUT2D eigenvalue weighted by atomic mass is 10.1. The van der Waals surface area contributed by atoms with Gasteiger partial charge in [0.1, 0.15) is 0 Å². The van der Waals surface area contributed by atoms with E-state index in [1.165, 1.54) is 0 Å². The van der Waals surface area contributed by atoms with Gasteiger partial charge in [-0.3, -0.25) is 0 Å². The Morgan fingerprint density at radius 2 is 1.61 bits per heavy atom. The van der Waals surface area contributed by atoms with Crippen molar-refractivity contribution in [2.75, 3.05) is 6.61 Å². The lowest BCUT2D eigenvalue weighted by molar-refractivity contribution is -0.165. The Bertz CT molecular complexity index is 299. The predicted molar refractivity (Wildman–Crippen MR) is 59.6 cm³/mol. The minimum Gasteiger partial charge on any atom is -0.479 e. The molecule has 0 fully saturated rings. The Morgan fingerprint density at radius 3 is 1.78 bits per heavy atom. The minimum atomic E-state index is -2.27. The van der Waals surface area contributed by atoms with E-state index in [1.54, 1.807) is 0 Å². The van der Waals surface area contributed by atoms with Crippen LogP contribution in [0.3, 0.4) is 0 Å². The molecule has 1 aliphatic rings. The Hall–Kier alpha value is -1.48. The monoisotopic (exact) mass is 263 g/mol. The third-order valence-electron chi connectivity index (χ3n) is 2.24. The number of carboxylic acid groups (broad SMARTS) is 2. The molecule has 104 valence electrons. The van der Waals surface area contributed by atoms with Gasteiger partial charge in [-0.05, 0) is 6.42 Å². The zero-order valence-electron chi connectivity index (χ0n) is 9.51. The minimum absolute atomic E-state index is 0.187. The molecular weight excluding hydrogens is 246 g/mol. The van der Waals surface area contributed by atoms with Crippen molar-refractivity contribution >= 4 is 11.9 Å². The molecule has 0 heterocycles. The van der Waals surface area contributed by atoms with Crippen LogP contribution in [0.5, 0.6) is 0 Å². The number of hydrogen-bond acceptors (Lipinski definition) is 6. The quantitative estimate of drug-likeness (QED) is 0.310. The van der Waals surface area contributed by atoms with Gasteiger partial charge in [-0.25, -0.2) is 9.59 Å². The second-order valence-electron chi connectivity index (χ2n) is 3.79. The number of nitrogens with two attached hydrogens (primary N) is 1. The molecule has 1 aliphatic carbocycles. The summed E-state index contributed by atoms with van der Waals surface area (Å²) in [5.74, 6) is -3.21. The first-order valence-corrected chi connectivity index (χ1v) is 5.16. The molecule has 0 aromatic carbocycles. The fourth-order valence-corrected chi connectivity index (χ4v) is 1.21. The first-order chi connectivity index (χ1) is 8.29. The van der Waals surface area contributed by atoms with Gasteiger partial charge in [-0.2, -0.15) is 0 Å². The van der Waals surface area contributed by atoms with Gasteiger partial charge in [0.05, 0.1) is 0 Å². The van der Waals surface area contributed by atoms with Crippen molar-refractivity contribution in [3.63, 3.8) is 0 Å². The number of rotatable bonds is 4. The molecule has 0 bridgehead atoms. The van der Waals surface area contributed by atoms with Gasteiger partial charge in [0.25, 0.3) is 0 Å². The van der Waals surface area contributed by atoms with Crippen LogP contribution in [0.15, 0.2) is 12.2 Å². The second kappa shape index (κ2) is 7.77. The topological polar surface area (TPSA) is 161 Å². The molecule has 0 saturated heterocycles. The Labute approximate surface area is 103 Å². The van der Waals surface area contributed by atoms with Crippen molar-refractivity contribution in [2.45, 2.75) is 24.7 Å². The van der Waals surface area contributed by atoms with Crippen molar-refractivity contribution in [3.8, 4) is 0 Å². The van der Waals surface area contributed by atoms with E-state index in [9.17, 15) is 9.59 Å². The fourth-order valence-electron chi connectivity index (χ4n) is 1.21. The highest BCUT2D eigenvalue weighted by Gasteiger charge is 2.29. The van der Waals surface area contributed by atoms with Crippen molar-refractivity contribution in [1.82, 2.24) is 0 Å². The van der Waals surface area contributed by atoms with Crippen LogP contribution in [0.1, 0.15) is 6.42 Å². The molecule has 1 rings (SSSR count). The molecule has 18 heavy (non-hydrogen) atoms. The molecule has 0 saturated carbocycles. The van der Waals surface area contributed by atoms with Crippen LogP contribution in [-0.4, -0.2) is 62.3 Å². The van der Waals surface area contributed by atoms with Crippen molar-refractivity contribution in [1.29, 1.82) is 0 Å². The van der Waals surface area contributed by atoms with Crippen LogP contribution in [0.2, 0.25) is 0 Å². The molecule has 0 unspecified atom stereocenters. The molecule has 0 spiro atoms. The standard InChI is InChI=1S/C6H11NO.C4H6O6/c7-6-2-1-5(3-6)4-8;5-1(3(7)8)2(6)4(9)10/h1-2,5-6,8H,3-4,7H2;1-2,5-6H,(H,7,8)(H,9,10)/t5-,6+;1-,2-/m00/s1. The average molecular weight is 263 g/mol. The zero-order chi connectivity index (χ0) is 14.3. The van der Waals surface area contributed by atoms with Crippen LogP contribution in [-0.2, 0) is 9.59 Å². The second-order valence-corrected chi connectivity index (χ2v) is 3.79. The van der Waals surface area contributed by atoms with Gasteiger partial charge in [0.2, 0.25) is 0 Å². The van der Waals surface area contributed by atoms with Crippen LogP contribution >= 0.6 is 0 Å². The maximum absolute atomic E-state index is 9.77. The first-order valence-electron chi connectivity index (χ1n) is 5.16. The third kappa shape index (κ3) is 5.73. The van der Waals surface area contributed by atoms with Gasteiger partial charge in [0.15, 0.2) is 12.2 Å². The van der Waals surface area contributed by atoms with E-state index in [-0.39, 0.29) is 12.6 Å². The van der Waals surface area contributed by atoms with Crippen LogP contribution in [0, 0.1) is 5.92 Å². The molecule has 0 aromatic heterocycles. The number of aliphatic carboxylic acids is 2. The molecule has 8 heteroatoms. The van der Waals surface area contributed by atoms with Crippen molar-refractivity contribution in [3.05, 3.63) is 12.2 Å². The number of aliphatic hydroxyl groups is 3. The van der Waals surface area contributed by atoms with E-state index in [2.05, 4.69) is 0 Å². The molecular formula is C10H17NO7. The maximum atomic E-state index is 9.77. The van der Waals surface area contributed by atoms with E-state index in [0.717, 1.165) is 6.42 Å². The smallest absolute Gasteiger partial charge is 0.335 e. The summed E-state index contributed by atoms with van der Waals surface area (Å²) in [5, 5.41) is 41.1. The molecule has 7 N–H and O–H groups in total. The zero-order valence-corrected chi connectivity index (χ0v) is 9.51. The summed E-state index contributed by atoms with van der Waals surface area (Å²) in [6, 6.07) is 0.187. The van der Waals surface area contributed by atoms with E-state index < -0.39 is 24.1 Å². The first kappa shape index (κ1) is 16.5. The van der Waals surface area contributed by atoms with E-state index in [1.807, 2.05) is 12.2 Å². The molecule has 8 nitrogen and oxygen atoms in total. The maximum Gasteiger partial charge on any atom is 0.335 e. The number of carboxylic acids is 2. The Balaban J connectivity index is 0.000000327. The largest absolute Gasteiger partial charge is 0.479 e. The normalized spacial score (nSPS) is 24.9. The van der Waals surface area contributed by atoms with Crippen LogP contribution in [0.25, 0.3) is 0 Å². The highest BCUT2D eigenvalue weighted by Crippen LogP contribution is 2.14. The highest BCUT2D eigenvalue weighted by molar-refractivity contribution is 5.83. The van der Waals surface area contributed by atoms with Gasteiger partial charge >= 0.3 is 11.9 Å². The van der Waals surface area contributed by atoms with Gasteiger partial charge < -0.3 is 31.3 Å². The van der Waals surface area contributed by atoms with Crippen LogP contribution in [0.4, 0.5) is 0 Å². The van der Waals surface area contributed by atoms with E-state index >= 15 is 0 Å². The SMILES string of the molecule is N[C@@H]1C=C[C@H](CO)C1.O=C(O)[C@@H](O)[C@H](O)C(=O)O. The summed E-state index contributed by atoms with van der Waals surface area (Å²) < 4.78 is 0. The average Bonchev–Trinajstić information content (AvgIpc) is 2.73. The summed E-state index contributed by atoms with van der Waals surface area (Å²) in [6.07, 6.45) is 0.303. The van der Waals surface area contributed by atoms with Crippen molar-refractivity contribution in [2.24, 2.45) is 11.7 Å². The number of aliphatic hydroxyl groups excluding tert-OH is 3. The Morgan fingerprint density at radius 1 is 1.17 bits per heavy atom. The number of hydrogen-bond donors (Lipinski definition) is 6. The number of carbonyl (C=O) groups is 2. The van der Waals surface area contributed by atoms with Gasteiger partial charge in [-0.15, -0.1) is 0 Å². The van der Waals surface area contributed by atoms with Crippen molar-refractivity contribution < 1.29 is 35.1 Å². The molecule has 0 aliphatic heterocycles. The lowest BCUT2D eigenvalue weighted by Gasteiger charge is -2.07. The van der Waals surface area contributed by atoms with Gasteiger partial charge in [-0.1, -0.05) is 12.2 Å². The summed E-state index contributed by atoms with van der Waals surface area (Å²) in [5.41, 5.74) is 5.50. The molecule has 0 aromatic rings. The van der Waals surface area contributed by atoms with E-state index in [0.29, 0.717) is 5.92 Å². The lowest BCUT2D eigenvalue weighted by Crippen LogP contribution is -2.39. The summed E-state index contributed by atoms with van der Waals surface area (Å²) in [7, 11) is 0. The summed E-state index contributed by atoms with van der Waals surface area (Å²) in [4.78, 5) is 19.5. The summed E-state index contributed by atoms with van der Waals surface area (Å²) in [6.45, 7) is 0.240. The Kier molecular flexibility index (Phi) is 7.13. The predicted octanol–water partition coefficient (Wildman–Crippen LogP) is -2.24. The van der Waals surface area contributed by atoms with E-state index in [4.69, 9.17) is 31.3 Å². The van der Waals surface area contributed by atoms with Crippen LogP contribution < -0.4 is 5.73 Å². The highest BCUT2D eigenvalue weighted by atomic mass is 16.4. The summed E-state index contributed by atoms with van der Waals surface area (Å²) >= 11 is 0.